The van der Waals surface area contributed by atoms with E-state index in [2.05, 4.69) is 21.9 Å². The number of carbonyl (C=O) groups excluding carboxylic acids is 1. The van der Waals surface area contributed by atoms with Crippen LogP contribution < -0.4 is 5.32 Å². The van der Waals surface area contributed by atoms with Crippen LogP contribution in [0.4, 0.5) is 0 Å². The molecule has 1 aromatic heterocycles. The fourth-order valence-electron chi connectivity index (χ4n) is 2.38. The van der Waals surface area contributed by atoms with Crippen molar-refractivity contribution in [1.82, 2.24) is 10.2 Å². The zero-order valence-corrected chi connectivity index (χ0v) is 11.6. The van der Waals surface area contributed by atoms with Gasteiger partial charge in [0.15, 0.2) is 0 Å². The number of piperidine rings is 1. The Bertz CT molecular complexity index is 409. The van der Waals surface area contributed by atoms with Gasteiger partial charge < -0.3 is 19.4 Å². The van der Waals surface area contributed by atoms with Crippen LogP contribution in [0.3, 0.4) is 0 Å². The fraction of sp³-hybridized carbons (Fsp3) is 0.643. The van der Waals surface area contributed by atoms with Crippen molar-refractivity contribution in [1.29, 1.82) is 0 Å². The maximum Gasteiger partial charge on any atom is 0.373 e. The third-order valence-corrected chi connectivity index (χ3v) is 3.65. The smallest absolute Gasteiger partial charge is 0.373 e. The molecule has 1 aliphatic rings. The summed E-state index contributed by atoms with van der Waals surface area (Å²) in [6.07, 6.45) is 2.33. The highest BCUT2D eigenvalue weighted by Crippen LogP contribution is 2.12. The molecule has 106 valence electrons. The molecule has 0 saturated carbocycles. The maximum atomic E-state index is 11.3. The molecule has 0 atom stereocenters. The normalized spacial score (nSPS) is 17.6. The molecule has 0 aliphatic carbocycles. The Morgan fingerprint density at radius 3 is 2.84 bits per heavy atom. The van der Waals surface area contributed by atoms with Crippen LogP contribution >= 0.6 is 0 Å². The number of rotatable bonds is 5. The molecule has 0 aromatic carbocycles. The van der Waals surface area contributed by atoms with Gasteiger partial charge in [-0.3, -0.25) is 0 Å². The van der Waals surface area contributed by atoms with Crippen molar-refractivity contribution in [2.75, 3.05) is 26.7 Å². The lowest BCUT2D eigenvalue weighted by atomic mass is 10.1. The zero-order chi connectivity index (χ0) is 13.7. The number of nitrogens with zero attached hydrogens (tertiary/aromatic N) is 1. The molecule has 0 amide bonds. The number of ether oxygens (including phenoxy) is 1. The summed E-state index contributed by atoms with van der Waals surface area (Å²) in [5.74, 6) is 0.612. The van der Waals surface area contributed by atoms with Gasteiger partial charge >= 0.3 is 5.97 Å². The summed E-state index contributed by atoms with van der Waals surface area (Å²) in [4.78, 5) is 13.7. The fourth-order valence-corrected chi connectivity index (χ4v) is 2.38. The van der Waals surface area contributed by atoms with Crippen LogP contribution in [0.15, 0.2) is 16.5 Å². The lowest BCUT2D eigenvalue weighted by Crippen LogP contribution is -2.42. The molecule has 2 rings (SSSR count). The van der Waals surface area contributed by atoms with E-state index in [9.17, 15) is 4.79 Å². The molecule has 0 unspecified atom stereocenters. The van der Waals surface area contributed by atoms with E-state index in [1.807, 2.05) is 6.07 Å². The molecule has 5 heteroatoms. The number of esters is 1. The van der Waals surface area contributed by atoms with Crippen molar-refractivity contribution < 1.29 is 13.9 Å². The molecular weight excluding hydrogens is 244 g/mol. The topological polar surface area (TPSA) is 54.7 Å². The minimum atomic E-state index is -0.428. The Labute approximate surface area is 113 Å². The standard InChI is InChI=1S/C14H22N2O3/c1-3-16-8-6-11(7-9-16)15-10-12-4-5-13(19-12)14(17)18-2/h4-5,11,15H,3,6-10H2,1-2H3. The van der Waals surface area contributed by atoms with Gasteiger partial charge in [-0.2, -0.15) is 0 Å². The van der Waals surface area contributed by atoms with Crippen LogP contribution in [-0.2, 0) is 11.3 Å². The molecule has 0 bridgehead atoms. The first-order chi connectivity index (χ1) is 9.22. The Hall–Kier alpha value is -1.33. The highest BCUT2D eigenvalue weighted by Gasteiger charge is 2.18. The van der Waals surface area contributed by atoms with Crippen molar-refractivity contribution in [2.45, 2.75) is 32.4 Å². The third kappa shape index (κ3) is 3.81. The van der Waals surface area contributed by atoms with E-state index in [-0.39, 0.29) is 5.76 Å². The van der Waals surface area contributed by atoms with Gasteiger partial charge in [0, 0.05) is 6.04 Å². The van der Waals surface area contributed by atoms with E-state index < -0.39 is 5.97 Å². The first-order valence-corrected chi connectivity index (χ1v) is 6.85. The van der Waals surface area contributed by atoms with E-state index in [1.54, 1.807) is 6.07 Å². The summed E-state index contributed by atoms with van der Waals surface area (Å²) >= 11 is 0. The predicted molar refractivity (Wildman–Crippen MR) is 72.0 cm³/mol. The van der Waals surface area contributed by atoms with Crippen molar-refractivity contribution in [2.24, 2.45) is 0 Å². The number of hydrogen-bond donors (Lipinski definition) is 1. The Kier molecular flexibility index (Phi) is 4.99. The highest BCUT2D eigenvalue weighted by atomic mass is 16.5. The second kappa shape index (κ2) is 6.73. The highest BCUT2D eigenvalue weighted by molar-refractivity contribution is 5.86. The van der Waals surface area contributed by atoms with Gasteiger partial charge in [0.05, 0.1) is 13.7 Å². The molecule has 1 N–H and O–H groups in total. The molecule has 1 aromatic rings. The van der Waals surface area contributed by atoms with Gasteiger partial charge in [-0.15, -0.1) is 0 Å². The predicted octanol–water partition coefficient (Wildman–Crippen LogP) is 1.64. The Morgan fingerprint density at radius 1 is 1.47 bits per heavy atom. The van der Waals surface area contributed by atoms with E-state index >= 15 is 0 Å². The van der Waals surface area contributed by atoms with Crippen LogP contribution in [-0.4, -0.2) is 43.7 Å². The summed E-state index contributed by atoms with van der Waals surface area (Å²) in [6.45, 7) is 6.30. The molecule has 1 saturated heterocycles. The average molecular weight is 266 g/mol. The first kappa shape index (κ1) is 14.1. The van der Waals surface area contributed by atoms with Gasteiger partial charge in [-0.05, 0) is 44.6 Å². The van der Waals surface area contributed by atoms with E-state index in [1.165, 1.54) is 20.0 Å². The lowest BCUT2D eigenvalue weighted by Gasteiger charge is -2.31. The van der Waals surface area contributed by atoms with Gasteiger partial charge in [0.25, 0.3) is 0 Å². The first-order valence-electron chi connectivity index (χ1n) is 6.85. The summed E-state index contributed by atoms with van der Waals surface area (Å²) in [5.41, 5.74) is 0. The number of hydrogen-bond acceptors (Lipinski definition) is 5. The molecule has 1 aliphatic heterocycles. The van der Waals surface area contributed by atoms with Crippen molar-refractivity contribution in [3.05, 3.63) is 23.7 Å². The molecule has 19 heavy (non-hydrogen) atoms. The minimum absolute atomic E-state index is 0.264. The summed E-state index contributed by atoms with van der Waals surface area (Å²) < 4.78 is 10.0. The second-order valence-electron chi connectivity index (χ2n) is 4.85. The van der Waals surface area contributed by atoms with Crippen LogP contribution in [0.1, 0.15) is 36.1 Å². The maximum absolute atomic E-state index is 11.3. The van der Waals surface area contributed by atoms with Crippen molar-refractivity contribution >= 4 is 5.97 Å². The minimum Gasteiger partial charge on any atom is -0.463 e. The van der Waals surface area contributed by atoms with Gasteiger partial charge in [0.1, 0.15) is 5.76 Å². The molecular formula is C14H22N2O3. The molecule has 1 fully saturated rings. The number of carbonyl (C=O) groups is 1. The zero-order valence-electron chi connectivity index (χ0n) is 11.6. The van der Waals surface area contributed by atoms with E-state index in [0.717, 1.165) is 25.4 Å². The van der Waals surface area contributed by atoms with Gasteiger partial charge in [-0.25, -0.2) is 4.79 Å². The number of nitrogens with one attached hydrogen (secondary N) is 1. The monoisotopic (exact) mass is 266 g/mol. The van der Waals surface area contributed by atoms with Gasteiger partial charge in [0.2, 0.25) is 5.76 Å². The summed E-state index contributed by atoms with van der Waals surface area (Å²) in [7, 11) is 1.35. The summed E-state index contributed by atoms with van der Waals surface area (Å²) in [6, 6.07) is 4.01. The number of likely N-dealkylation sites (tertiary alicyclic amines) is 1. The molecule has 5 nitrogen and oxygen atoms in total. The van der Waals surface area contributed by atoms with Crippen LogP contribution in [0.5, 0.6) is 0 Å². The quantitative estimate of drug-likeness (QED) is 0.821. The molecule has 0 radical (unpaired) electrons. The Morgan fingerprint density at radius 2 is 2.21 bits per heavy atom. The third-order valence-electron chi connectivity index (χ3n) is 3.65. The van der Waals surface area contributed by atoms with Gasteiger partial charge in [-0.1, -0.05) is 6.92 Å². The summed E-state index contributed by atoms with van der Waals surface area (Å²) in [5, 5.41) is 3.48. The average Bonchev–Trinajstić information content (AvgIpc) is 2.93. The molecule has 2 heterocycles. The van der Waals surface area contributed by atoms with Crippen LogP contribution in [0.2, 0.25) is 0 Å². The Balaban J connectivity index is 1.76. The van der Waals surface area contributed by atoms with Crippen molar-refractivity contribution in [3.8, 4) is 0 Å². The van der Waals surface area contributed by atoms with E-state index in [4.69, 9.17) is 4.42 Å². The van der Waals surface area contributed by atoms with Crippen LogP contribution in [0.25, 0.3) is 0 Å². The van der Waals surface area contributed by atoms with Crippen molar-refractivity contribution in [3.63, 3.8) is 0 Å². The number of furan rings is 1. The largest absolute Gasteiger partial charge is 0.463 e. The molecule has 0 spiro atoms. The second-order valence-corrected chi connectivity index (χ2v) is 4.85. The number of methoxy groups -OCH3 is 1. The van der Waals surface area contributed by atoms with E-state index in [0.29, 0.717) is 12.6 Å². The van der Waals surface area contributed by atoms with Crippen LogP contribution in [0, 0.1) is 0 Å². The lowest BCUT2D eigenvalue weighted by molar-refractivity contribution is 0.0562. The SMILES string of the molecule is CCN1CCC(NCc2ccc(C(=O)OC)o2)CC1.